The number of halogens is 1. The van der Waals surface area contributed by atoms with Crippen molar-refractivity contribution < 1.29 is 18.1 Å². The van der Waals surface area contributed by atoms with Crippen LogP contribution in [0.3, 0.4) is 0 Å². The minimum absolute atomic E-state index is 0.381. The lowest BCUT2D eigenvalue weighted by molar-refractivity contribution is 0.00578. The van der Waals surface area contributed by atoms with Gasteiger partial charge in [0.15, 0.2) is 46.1 Å². The van der Waals surface area contributed by atoms with Crippen molar-refractivity contribution in [1.29, 1.82) is 0 Å². The van der Waals surface area contributed by atoms with E-state index in [1.54, 1.807) is 0 Å². The highest BCUT2D eigenvalue weighted by Gasteiger charge is 2.51. The van der Waals surface area contributed by atoms with Crippen molar-refractivity contribution in [3.63, 3.8) is 0 Å². The molecule has 5 heterocycles. The lowest BCUT2D eigenvalue weighted by Crippen LogP contribution is -2.41. The Morgan fingerprint density at radius 1 is 0.269 bits per heavy atom. The molecule has 0 N–H and O–H groups in total. The predicted molar refractivity (Wildman–Crippen MR) is 424 cm³/mol. The van der Waals surface area contributed by atoms with Crippen molar-refractivity contribution in [2.45, 2.75) is 38.9 Å². The molecule has 0 saturated carbocycles. The van der Waals surface area contributed by atoms with E-state index in [1.807, 2.05) is 218 Å². The Morgan fingerprint density at radius 2 is 0.587 bits per heavy atom. The summed E-state index contributed by atoms with van der Waals surface area (Å²) in [7, 11) is -0.409. The van der Waals surface area contributed by atoms with Crippen LogP contribution < -0.4 is 5.46 Å². The van der Waals surface area contributed by atoms with Gasteiger partial charge in [-0.2, -0.15) is 0 Å². The minimum atomic E-state index is -0.409. The van der Waals surface area contributed by atoms with E-state index in [-0.39, 0.29) is 11.2 Å². The smallest absolute Gasteiger partial charge is 0.435 e. The number of nitrogens with zero attached hydrogens (tertiary/aromatic N) is 8. The number of rotatable bonds is 10. The van der Waals surface area contributed by atoms with Crippen LogP contribution in [-0.4, -0.2) is 58.2 Å². The molecule has 1 saturated heterocycles. The minimum Gasteiger partial charge on any atom is -0.435 e. The third-order valence-electron chi connectivity index (χ3n) is 19.2. The first-order valence-corrected chi connectivity index (χ1v) is 35.3. The first-order valence-electron chi connectivity index (χ1n) is 34.5. The maximum atomic E-state index is 6.46. The summed E-state index contributed by atoms with van der Waals surface area (Å²) in [5.41, 5.74) is 13.3. The summed E-state index contributed by atoms with van der Waals surface area (Å²) in [5, 5.41) is 8.85. The molecule has 0 amide bonds. The largest absolute Gasteiger partial charge is 0.494 e. The van der Waals surface area contributed by atoms with E-state index in [2.05, 4.69) is 146 Å². The second-order valence-electron chi connectivity index (χ2n) is 26.6. The van der Waals surface area contributed by atoms with Crippen LogP contribution in [0, 0.1) is 0 Å². The van der Waals surface area contributed by atoms with Gasteiger partial charge in [-0.3, -0.25) is 0 Å². The Hall–Kier alpha value is -12.5. The van der Waals surface area contributed by atoms with Gasteiger partial charge in [-0.05, 0) is 137 Å². The molecule has 1 aliphatic rings. The molecule has 0 bridgehead atoms. The van der Waals surface area contributed by atoms with Gasteiger partial charge in [0.1, 0.15) is 11.0 Å². The zero-order chi connectivity index (χ0) is 70.3. The standard InChI is InChI=1S/C42H26N4O.C27H24BNO3.C21H14BrN3/c1-4-11-29(12-5-1)39-44-40(30-13-6-2-7-14-30)46-41(45-39)34-18-10-17-32(25-34)33-22-20-27-19-21-28-23-24-36-38(37(28)35(27)26-33)47-42(43-36)31-15-8-3-9-16-31;1-26(2)27(3,4)32-28(31-26)20-14-12-17-10-11-18-13-15-22-24(23(18)21(17)16-20)30-25(29-22)19-8-6-5-7-9-19;22-18-13-7-12-17(14-18)21-24-19(15-8-3-1-4-9-15)23-20(25-21)16-10-5-2-6-11-16/h1-26H;5-16H,1-4H3;1-14H. The fraction of sp³-hybridized carbons (Fsp3) is 0.0667. The molecule has 1 fully saturated rings. The molecule has 0 radical (unpaired) electrons. The van der Waals surface area contributed by atoms with Gasteiger partial charge in [-0.25, -0.2) is 39.9 Å². The summed E-state index contributed by atoms with van der Waals surface area (Å²) in [6, 6.07) is 106. The fourth-order valence-electron chi connectivity index (χ4n) is 13.1. The van der Waals surface area contributed by atoms with E-state index in [1.165, 1.54) is 0 Å². The van der Waals surface area contributed by atoms with Crippen LogP contribution in [0.5, 0.6) is 0 Å². The topological polar surface area (TPSA) is 148 Å². The number of fused-ring (bicyclic) bond motifs is 10. The lowest BCUT2D eigenvalue weighted by Gasteiger charge is -2.32. The first kappa shape index (κ1) is 64.9. The SMILES string of the molecule is Brc1cccc(-c2nc(-c3ccccc3)nc(-c3ccccc3)n2)c1.CC1(C)OB(c2ccc3ccc4ccc5nc(-c6ccccc6)oc5c4c3c2)OC1(C)C.c1ccc(-c2nc(-c3ccccc3)nc(-c3cccc(-c4ccc5ccc6ccc7nc(-c8ccccc8)oc7c6c5c4)c3)n2)cc1. The third-order valence-corrected chi connectivity index (χ3v) is 19.7. The second-order valence-corrected chi connectivity index (χ2v) is 27.5. The van der Waals surface area contributed by atoms with Crippen molar-refractivity contribution in [1.82, 2.24) is 39.9 Å². The van der Waals surface area contributed by atoms with Crippen molar-refractivity contribution in [2.75, 3.05) is 0 Å². The highest BCUT2D eigenvalue weighted by atomic mass is 79.9. The van der Waals surface area contributed by atoms with E-state index in [0.29, 0.717) is 46.7 Å². The molecule has 4 aromatic heterocycles. The second kappa shape index (κ2) is 27.5. The van der Waals surface area contributed by atoms with Gasteiger partial charge >= 0.3 is 7.12 Å². The Bertz CT molecular complexity index is 6080. The summed E-state index contributed by atoms with van der Waals surface area (Å²) in [6.45, 7) is 8.30. The lowest BCUT2D eigenvalue weighted by atomic mass is 9.78. The zero-order valence-corrected chi connectivity index (χ0v) is 58.8. The number of oxazole rings is 2. The number of benzene rings is 14. The Morgan fingerprint density at radius 3 is 1.01 bits per heavy atom. The van der Waals surface area contributed by atoms with E-state index in [9.17, 15) is 0 Å². The number of hydrogen-bond acceptors (Lipinski definition) is 12. The molecule has 0 spiro atoms. The molecule has 14 heteroatoms. The fourth-order valence-corrected chi connectivity index (χ4v) is 13.5. The average Bonchev–Trinajstić information content (AvgIpc) is 1.52. The summed E-state index contributed by atoms with van der Waals surface area (Å²) in [6.07, 6.45) is 0. The number of aromatic nitrogens is 8. The quantitative estimate of drug-likeness (QED) is 0.0948. The van der Waals surface area contributed by atoms with Gasteiger partial charge in [0.25, 0.3) is 0 Å². The van der Waals surface area contributed by atoms with E-state index >= 15 is 0 Å². The van der Waals surface area contributed by atoms with Crippen molar-refractivity contribution in [3.05, 3.63) is 320 Å². The Kier molecular flexibility index (Phi) is 17.1. The summed E-state index contributed by atoms with van der Waals surface area (Å²) < 4.78 is 26.4. The van der Waals surface area contributed by atoms with Crippen LogP contribution in [0.15, 0.2) is 329 Å². The number of hydrogen-bond donors (Lipinski definition) is 0. The maximum Gasteiger partial charge on any atom is 0.494 e. The molecular weight excluding hydrogens is 1350 g/mol. The van der Waals surface area contributed by atoms with Crippen LogP contribution in [0.25, 0.3) is 168 Å². The molecule has 12 nitrogen and oxygen atoms in total. The van der Waals surface area contributed by atoms with E-state index in [4.69, 9.17) is 53.0 Å². The summed E-state index contributed by atoms with van der Waals surface area (Å²) in [4.78, 5) is 38.4. The Balaban J connectivity index is 0.000000122. The van der Waals surface area contributed by atoms with E-state index < -0.39 is 7.12 Å². The average molecular weight is 1410 g/mol. The predicted octanol–water partition coefficient (Wildman–Crippen LogP) is 22.4. The third kappa shape index (κ3) is 13.0. The molecule has 14 aromatic carbocycles. The first-order chi connectivity index (χ1) is 50.9. The van der Waals surface area contributed by atoms with Crippen LogP contribution in [0.1, 0.15) is 27.7 Å². The molecule has 104 heavy (non-hydrogen) atoms. The van der Waals surface area contributed by atoms with Gasteiger partial charge < -0.3 is 18.1 Å². The maximum absolute atomic E-state index is 6.46. The van der Waals surface area contributed by atoms with Crippen molar-refractivity contribution in [3.8, 4) is 102 Å². The van der Waals surface area contributed by atoms with E-state index in [0.717, 1.165) is 131 Å². The molecule has 0 aliphatic carbocycles. The highest BCUT2D eigenvalue weighted by molar-refractivity contribution is 9.10. The highest BCUT2D eigenvalue weighted by Crippen LogP contribution is 2.41. The van der Waals surface area contributed by atoms with Gasteiger partial charge in [0.05, 0.1) is 11.2 Å². The van der Waals surface area contributed by atoms with Crippen LogP contribution in [-0.2, 0) is 9.31 Å². The molecule has 0 unspecified atom stereocenters. The normalized spacial score (nSPS) is 13.1. The molecule has 1 aliphatic heterocycles. The molecule has 0 atom stereocenters. The zero-order valence-electron chi connectivity index (χ0n) is 57.2. The van der Waals surface area contributed by atoms with Gasteiger partial charge in [0.2, 0.25) is 11.8 Å². The molecule has 498 valence electrons. The van der Waals surface area contributed by atoms with Crippen LogP contribution in [0.4, 0.5) is 0 Å². The van der Waals surface area contributed by atoms with Crippen LogP contribution >= 0.6 is 15.9 Å². The molecule has 18 aromatic rings. The van der Waals surface area contributed by atoms with Gasteiger partial charge in [0, 0.05) is 59.8 Å². The molecular formula is C90H64BBrN8O4. The van der Waals surface area contributed by atoms with Crippen molar-refractivity contribution >= 4 is 93.8 Å². The summed E-state index contributed by atoms with van der Waals surface area (Å²) in [5.74, 6) is 5.17. The van der Waals surface area contributed by atoms with Gasteiger partial charge in [-0.15, -0.1) is 0 Å². The Labute approximate surface area is 609 Å². The van der Waals surface area contributed by atoms with Gasteiger partial charge in [-0.1, -0.05) is 271 Å². The summed E-state index contributed by atoms with van der Waals surface area (Å²) >= 11 is 3.52. The van der Waals surface area contributed by atoms with Crippen molar-refractivity contribution in [2.24, 2.45) is 0 Å². The van der Waals surface area contributed by atoms with Crippen LogP contribution in [0.2, 0.25) is 0 Å². The molecule has 19 rings (SSSR count). The monoisotopic (exact) mass is 1410 g/mol.